The molecule has 0 atom stereocenters. The zero-order valence-electron chi connectivity index (χ0n) is 24.6. The van der Waals surface area contributed by atoms with Crippen LogP contribution in [-0.4, -0.2) is 22.5 Å². The molecule has 0 saturated heterocycles. The van der Waals surface area contributed by atoms with E-state index < -0.39 is 0 Å². The summed E-state index contributed by atoms with van der Waals surface area (Å²) in [7, 11) is 0. The van der Waals surface area contributed by atoms with Crippen molar-refractivity contribution in [3.63, 3.8) is 0 Å². The first-order valence-electron chi connectivity index (χ1n) is 14.9. The Labute approximate surface area is 264 Å². The highest BCUT2D eigenvalue weighted by Crippen LogP contribution is 2.38. The Bertz CT molecular complexity index is 2560. The van der Waals surface area contributed by atoms with E-state index in [2.05, 4.69) is 65.2 Å². The minimum absolute atomic E-state index is 0.0220. The number of fused-ring (bicyclic) bond motifs is 6. The molecule has 6 heteroatoms. The van der Waals surface area contributed by atoms with Crippen molar-refractivity contribution >= 4 is 61.6 Å². The molecule has 2 aromatic heterocycles. The first kappa shape index (κ1) is 27.0. The molecule has 0 aliphatic heterocycles. The summed E-state index contributed by atoms with van der Waals surface area (Å²) in [5.41, 5.74) is 7.48. The number of furan rings is 1. The Hall–Kier alpha value is -6.58. The molecule has 8 aromatic rings. The first-order valence-corrected chi connectivity index (χ1v) is 14.9. The molecule has 6 aromatic carbocycles. The molecule has 2 heterocycles. The molecule has 6 nitrogen and oxygen atoms in total. The zero-order chi connectivity index (χ0) is 31.0. The number of nitrogens with zero attached hydrogens (tertiary/aromatic N) is 4. The van der Waals surface area contributed by atoms with E-state index in [1.807, 2.05) is 60.7 Å². The van der Waals surface area contributed by atoms with Gasteiger partial charge in [0.25, 0.3) is 0 Å². The van der Waals surface area contributed by atoms with E-state index in [-0.39, 0.29) is 5.84 Å². The van der Waals surface area contributed by atoms with Crippen LogP contribution in [0.3, 0.4) is 0 Å². The largest absolute Gasteiger partial charge is 0.456 e. The zero-order valence-corrected chi connectivity index (χ0v) is 24.6. The molecule has 0 bridgehead atoms. The summed E-state index contributed by atoms with van der Waals surface area (Å²) in [6, 6.07) is 47.8. The predicted octanol–water partition coefficient (Wildman–Crippen LogP) is 9.45. The minimum Gasteiger partial charge on any atom is -0.456 e. The van der Waals surface area contributed by atoms with Gasteiger partial charge in [0, 0.05) is 44.6 Å². The van der Waals surface area contributed by atoms with Gasteiger partial charge in [-0.15, -0.1) is 0 Å². The molecule has 0 unspecified atom stereocenters. The highest BCUT2D eigenvalue weighted by molar-refractivity contribution is 6.17. The normalized spacial score (nSPS) is 12.0. The number of amidine groups is 2. The number of nitrogens with one attached hydrogen (secondary N) is 1. The fourth-order valence-electron chi connectivity index (χ4n) is 6.00. The second-order valence-electron chi connectivity index (χ2n) is 11.0. The van der Waals surface area contributed by atoms with Crippen molar-refractivity contribution in [2.24, 2.45) is 9.98 Å². The molecule has 0 aliphatic carbocycles. The maximum absolute atomic E-state index is 9.40. The highest BCUT2D eigenvalue weighted by atomic mass is 16.3. The van der Waals surface area contributed by atoms with Gasteiger partial charge >= 0.3 is 0 Å². The Morgan fingerprint density at radius 2 is 1.41 bits per heavy atom. The first-order chi connectivity index (χ1) is 22.7. The van der Waals surface area contributed by atoms with Crippen LogP contribution in [0.2, 0.25) is 0 Å². The van der Waals surface area contributed by atoms with Crippen LogP contribution >= 0.6 is 0 Å². The van der Waals surface area contributed by atoms with Crippen LogP contribution in [0.1, 0.15) is 22.3 Å². The summed E-state index contributed by atoms with van der Waals surface area (Å²) in [6.07, 6.45) is 1.76. The van der Waals surface area contributed by atoms with Gasteiger partial charge in [-0.2, -0.15) is 5.26 Å². The lowest BCUT2D eigenvalue weighted by Gasteiger charge is -2.11. The number of aliphatic imine (C=N–C) groups is 2. The molecule has 0 radical (unpaired) electrons. The second kappa shape index (κ2) is 11.2. The summed E-state index contributed by atoms with van der Waals surface area (Å²) < 4.78 is 8.51. The Morgan fingerprint density at radius 1 is 0.652 bits per heavy atom. The lowest BCUT2D eigenvalue weighted by molar-refractivity contribution is 0.669. The van der Waals surface area contributed by atoms with Crippen LogP contribution in [0.5, 0.6) is 0 Å². The maximum Gasteiger partial charge on any atom is 0.161 e. The van der Waals surface area contributed by atoms with Crippen LogP contribution in [-0.2, 0) is 0 Å². The van der Waals surface area contributed by atoms with E-state index in [1.165, 1.54) is 0 Å². The van der Waals surface area contributed by atoms with Gasteiger partial charge in [-0.05, 0) is 54.1 Å². The fourth-order valence-corrected chi connectivity index (χ4v) is 6.00. The van der Waals surface area contributed by atoms with Gasteiger partial charge in [-0.1, -0.05) is 91.0 Å². The van der Waals surface area contributed by atoms with Crippen LogP contribution < -0.4 is 0 Å². The third-order valence-corrected chi connectivity index (χ3v) is 8.15. The van der Waals surface area contributed by atoms with Crippen LogP contribution in [0, 0.1) is 16.7 Å². The summed E-state index contributed by atoms with van der Waals surface area (Å²) in [6.45, 7) is 0. The topological polar surface area (TPSA) is 90.4 Å². The molecule has 46 heavy (non-hydrogen) atoms. The van der Waals surface area contributed by atoms with Crippen molar-refractivity contribution in [2.45, 2.75) is 0 Å². The average molecular weight is 592 g/mol. The van der Waals surface area contributed by atoms with Crippen molar-refractivity contribution in [3.05, 3.63) is 162 Å². The average Bonchev–Trinajstić information content (AvgIpc) is 3.64. The number of hydrogen-bond donors (Lipinski definition) is 1. The molecule has 0 spiro atoms. The number of rotatable bonds is 4. The molecule has 0 saturated carbocycles. The summed E-state index contributed by atoms with van der Waals surface area (Å²) >= 11 is 0. The van der Waals surface area contributed by atoms with Crippen molar-refractivity contribution < 1.29 is 4.42 Å². The van der Waals surface area contributed by atoms with Crippen molar-refractivity contribution in [1.29, 1.82) is 10.7 Å². The summed E-state index contributed by atoms with van der Waals surface area (Å²) in [5.74, 6) is 0.413. The van der Waals surface area contributed by atoms with Gasteiger partial charge < -0.3 is 8.98 Å². The molecule has 0 aliphatic rings. The lowest BCUT2D eigenvalue weighted by Crippen LogP contribution is -2.06. The van der Waals surface area contributed by atoms with Crippen molar-refractivity contribution in [3.8, 4) is 11.8 Å². The monoisotopic (exact) mass is 591 g/mol. The molecule has 0 amide bonds. The fraction of sp³-hybridized carbons (Fsp3) is 0. The van der Waals surface area contributed by atoms with Gasteiger partial charge in [0.05, 0.1) is 22.7 Å². The van der Waals surface area contributed by atoms with E-state index in [9.17, 15) is 5.26 Å². The molecule has 8 rings (SSSR count). The van der Waals surface area contributed by atoms with Crippen LogP contribution in [0.15, 0.2) is 154 Å². The summed E-state index contributed by atoms with van der Waals surface area (Å²) in [5, 5.41) is 22.6. The van der Waals surface area contributed by atoms with Gasteiger partial charge in [-0.25, -0.2) is 9.98 Å². The number of benzene rings is 6. The van der Waals surface area contributed by atoms with Crippen molar-refractivity contribution in [2.75, 3.05) is 0 Å². The molecule has 216 valence electrons. The highest BCUT2D eigenvalue weighted by Gasteiger charge is 2.17. The van der Waals surface area contributed by atoms with E-state index in [0.29, 0.717) is 17.0 Å². The number of para-hydroxylation sites is 2. The van der Waals surface area contributed by atoms with Crippen LogP contribution in [0.4, 0.5) is 0 Å². The van der Waals surface area contributed by atoms with E-state index in [4.69, 9.17) is 19.8 Å². The standard InChI is InChI=1S/C40H25N5O/c41-24-27-12-8-13-28(20-27)39(42)44-40(43-25-26-10-2-1-3-11-26)29-14-9-15-30(21-29)45-35-18-6-4-16-31(35)33-23-38-34(22-36(33)45)32-17-5-7-19-37(32)46-38/h1-23,25,42H. The third kappa shape index (κ3) is 4.73. The number of aromatic nitrogens is 1. The smallest absolute Gasteiger partial charge is 0.161 e. The summed E-state index contributed by atoms with van der Waals surface area (Å²) in [4.78, 5) is 9.48. The van der Waals surface area contributed by atoms with Gasteiger partial charge in [-0.3, -0.25) is 5.41 Å². The van der Waals surface area contributed by atoms with Gasteiger partial charge in [0.1, 0.15) is 11.2 Å². The predicted molar refractivity (Wildman–Crippen MR) is 187 cm³/mol. The Morgan fingerprint density at radius 3 is 2.28 bits per heavy atom. The Kier molecular flexibility index (Phi) is 6.55. The van der Waals surface area contributed by atoms with Gasteiger partial charge in [0.15, 0.2) is 11.7 Å². The minimum atomic E-state index is 0.0220. The molecular formula is C40H25N5O. The second-order valence-corrected chi connectivity index (χ2v) is 11.0. The Balaban J connectivity index is 1.31. The maximum atomic E-state index is 9.40. The molecular weight excluding hydrogens is 566 g/mol. The SMILES string of the molecule is N#Cc1cccc(C(=N)N=C(N=Cc2ccccc2)c2cccc(-n3c4ccccc4c4cc5oc6ccccc6c5cc43)c2)c1. The van der Waals surface area contributed by atoms with Crippen molar-refractivity contribution in [1.82, 2.24) is 4.57 Å². The molecule has 1 N–H and O–H groups in total. The van der Waals surface area contributed by atoms with E-state index >= 15 is 0 Å². The van der Waals surface area contributed by atoms with Gasteiger partial charge in [0.2, 0.25) is 0 Å². The lowest BCUT2D eigenvalue weighted by atomic mass is 10.1. The number of nitriles is 1. The van der Waals surface area contributed by atoms with E-state index in [0.717, 1.165) is 60.6 Å². The number of hydrogen-bond acceptors (Lipinski definition) is 3. The third-order valence-electron chi connectivity index (χ3n) is 8.15. The quantitative estimate of drug-likeness (QED) is 0.163. The van der Waals surface area contributed by atoms with E-state index in [1.54, 1.807) is 30.5 Å². The van der Waals surface area contributed by atoms with Crippen LogP contribution in [0.25, 0.3) is 49.4 Å². The molecule has 0 fully saturated rings.